The highest BCUT2D eigenvalue weighted by atomic mass is 19.4. The average Bonchev–Trinajstić information content (AvgIpc) is 2.45. The number of nitrogens with zero attached hydrogens (tertiary/aromatic N) is 4. The van der Waals surface area contributed by atoms with Crippen molar-refractivity contribution < 1.29 is 13.2 Å². The van der Waals surface area contributed by atoms with Crippen molar-refractivity contribution in [2.75, 3.05) is 43.9 Å². The molecule has 8 heteroatoms. The first kappa shape index (κ1) is 18.5. The Kier molecular flexibility index (Phi) is 6.40. The Morgan fingerprint density at radius 3 is 2.23 bits per heavy atom. The van der Waals surface area contributed by atoms with Gasteiger partial charge in [-0.15, -0.1) is 0 Å². The van der Waals surface area contributed by atoms with E-state index < -0.39 is 11.9 Å². The highest BCUT2D eigenvalue weighted by Crippen LogP contribution is 2.30. The van der Waals surface area contributed by atoms with Crippen molar-refractivity contribution >= 4 is 11.8 Å². The molecule has 0 bridgehead atoms. The van der Waals surface area contributed by atoms with Gasteiger partial charge in [0.15, 0.2) is 5.69 Å². The molecule has 0 aliphatic rings. The van der Waals surface area contributed by atoms with Gasteiger partial charge in [0.05, 0.1) is 0 Å². The van der Waals surface area contributed by atoms with E-state index in [2.05, 4.69) is 20.2 Å². The molecule has 0 saturated heterocycles. The number of nitrogens with one attached hydrogen (secondary N) is 1. The van der Waals surface area contributed by atoms with E-state index in [4.69, 9.17) is 0 Å². The fourth-order valence-corrected chi connectivity index (χ4v) is 2.10. The van der Waals surface area contributed by atoms with E-state index >= 15 is 0 Å². The standard InChI is InChI=1S/C14H24F3N5/c1-6-22(7-2)10(3)9-18-13-19-11(14(15,16)17)8-12(20-13)21(4)5/h8,10H,6-7,9H2,1-5H3,(H,18,19,20). The third-order valence-corrected chi connectivity index (χ3v) is 3.45. The lowest BCUT2D eigenvalue weighted by Gasteiger charge is -2.26. The number of rotatable bonds is 7. The SMILES string of the molecule is CCN(CC)C(C)CNc1nc(N(C)C)cc(C(F)(F)F)n1. The lowest BCUT2D eigenvalue weighted by molar-refractivity contribution is -0.141. The van der Waals surface area contributed by atoms with Crippen molar-refractivity contribution in [1.82, 2.24) is 14.9 Å². The van der Waals surface area contributed by atoms with E-state index in [0.717, 1.165) is 19.2 Å². The largest absolute Gasteiger partial charge is 0.433 e. The van der Waals surface area contributed by atoms with Crippen LogP contribution in [-0.2, 0) is 6.18 Å². The van der Waals surface area contributed by atoms with Crippen molar-refractivity contribution in [2.45, 2.75) is 33.0 Å². The monoisotopic (exact) mass is 319 g/mol. The molecule has 0 aliphatic carbocycles. The number of hydrogen-bond donors (Lipinski definition) is 1. The Bertz CT molecular complexity index is 472. The number of alkyl halides is 3. The van der Waals surface area contributed by atoms with E-state index in [1.807, 2.05) is 20.8 Å². The molecule has 0 aliphatic heterocycles. The van der Waals surface area contributed by atoms with Gasteiger partial charge in [-0.05, 0) is 20.0 Å². The van der Waals surface area contributed by atoms with Gasteiger partial charge in [0.1, 0.15) is 5.82 Å². The van der Waals surface area contributed by atoms with Crippen molar-refractivity contribution in [1.29, 1.82) is 0 Å². The topological polar surface area (TPSA) is 44.3 Å². The molecule has 0 fully saturated rings. The second-order valence-corrected chi connectivity index (χ2v) is 5.28. The first-order chi connectivity index (χ1) is 10.2. The molecule has 1 aromatic rings. The Morgan fingerprint density at radius 2 is 1.77 bits per heavy atom. The minimum absolute atomic E-state index is 0.00229. The third kappa shape index (κ3) is 5.01. The van der Waals surface area contributed by atoms with Crippen molar-refractivity contribution in [3.05, 3.63) is 11.8 Å². The Hall–Kier alpha value is -1.57. The molecule has 1 atom stereocenters. The molecule has 1 unspecified atom stereocenters. The molecule has 22 heavy (non-hydrogen) atoms. The summed E-state index contributed by atoms with van der Waals surface area (Å²) in [7, 11) is 3.29. The quantitative estimate of drug-likeness (QED) is 0.837. The van der Waals surface area contributed by atoms with E-state index in [1.54, 1.807) is 14.1 Å². The Balaban J connectivity index is 2.92. The maximum atomic E-state index is 12.9. The summed E-state index contributed by atoms with van der Waals surface area (Å²) < 4.78 is 38.7. The second-order valence-electron chi connectivity index (χ2n) is 5.28. The summed E-state index contributed by atoms with van der Waals surface area (Å²) in [5.41, 5.74) is -0.941. The molecule has 0 aromatic carbocycles. The number of halogens is 3. The summed E-state index contributed by atoms with van der Waals surface area (Å²) in [5.74, 6) is 0.220. The fourth-order valence-electron chi connectivity index (χ4n) is 2.10. The van der Waals surface area contributed by atoms with Gasteiger partial charge in [0.25, 0.3) is 0 Å². The van der Waals surface area contributed by atoms with E-state index in [0.29, 0.717) is 6.54 Å². The lowest BCUT2D eigenvalue weighted by Crippen LogP contribution is -2.37. The molecule has 1 heterocycles. The maximum absolute atomic E-state index is 12.9. The van der Waals surface area contributed by atoms with Crippen LogP contribution in [0, 0.1) is 0 Å². The van der Waals surface area contributed by atoms with E-state index in [-0.39, 0.29) is 17.8 Å². The Labute approximate surface area is 129 Å². The first-order valence-corrected chi connectivity index (χ1v) is 7.30. The zero-order valence-electron chi connectivity index (χ0n) is 13.7. The molecule has 1 aromatic heterocycles. The van der Waals surface area contributed by atoms with Crippen LogP contribution in [0.3, 0.4) is 0 Å². The molecular formula is C14H24F3N5. The van der Waals surface area contributed by atoms with Gasteiger partial charge in [0, 0.05) is 32.7 Å². The maximum Gasteiger partial charge on any atom is 0.433 e. The first-order valence-electron chi connectivity index (χ1n) is 7.30. The zero-order chi connectivity index (χ0) is 16.9. The number of anilines is 2. The molecular weight excluding hydrogens is 295 g/mol. The van der Waals surface area contributed by atoms with Crippen LogP contribution in [0.5, 0.6) is 0 Å². The summed E-state index contributed by atoms with van der Waals surface area (Å²) in [6.45, 7) is 8.35. The van der Waals surface area contributed by atoms with Gasteiger partial charge in [-0.25, -0.2) is 4.98 Å². The molecule has 126 valence electrons. The summed E-state index contributed by atoms with van der Waals surface area (Å²) in [5, 5.41) is 2.91. The van der Waals surface area contributed by atoms with Gasteiger partial charge in [-0.3, -0.25) is 4.90 Å². The predicted molar refractivity (Wildman–Crippen MR) is 82.2 cm³/mol. The molecule has 1 N–H and O–H groups in total. The molecule has 0 radical (unpaired) electrons. The van der Waals surface area contributed by atoms with Crippen LogP contribution >= 0.6 is 0 Å². The molecule has 0 saturated carbocycles. The lowest BCUT2D eigenvalue weighted by atomic mass is 10.3. The third-order valence-electron chi connectivity index (χ3n) is 3.45. The van der Waals surface area contributed by atoms with Gasteiger partial charge < -0.3 is 10.2 Å². The van der Waals surface area contributed by atoms with Crippen molar-refractivity contribution in [3.63, 3.8) is 0 Å². The van der Waals surface area contributed by atoms with Crippen LogP contribution in [0.1, 0.15) is 26.5 Å². The summed E-state index contributed by atoms with van der Waals surface area (Å²) in [6.07, 6.45) is -4.49. The van der Waals surface area contributed by atoms with Gasteiger partial charge in [-0.2, -0.15) is 18.2 Å². The van der Waals surface area contributed by atoms with Crippen LogP contribution in [0.25, 0.3) is 0 Å². The molecule has 0 amide bonds. The van der Waals surface area contributed by atoms with E-state index in [1.165, 1.54) is 4.90 Å². The van der Waals surface area contributed by atoms with Crippen LogP contribution in [0.15, 0.2) is 6.07 Å². The highest BCUT2D eigenvalue weighted by Gasteiger charge is 2.34. The van der Waals surface area contributed by atoms with Crippen LogP contribution < -0.4 is 10.2 Å². The average molecular weight is 319 g/mol. The number of likely N-dealkylation sites (N-methyl/N-ethyl adjacent to an activating group) is 1. The molecule has 5 nitrogen and oxygen atoms in total. The van der Waals surface area contributed by atoms with Crippen molar-refractivity contribution in [2.24, 2.45) is 0 Å². The normalized spacial score (nSPS) is 13.3. The molecule has 0 spiro atoms. The second kappa shape index (κ2) is 7.62. The summed E-state index contributed by atoms with van der Waals surface area (Å²) in [6, 6.07) is 1.12. The van der Waals surface area contributed by atoms with Gasteiger partial charge in [-0.1, -0.05) is 13.8 Å². The predicted octanol–water partition coefficient (Wildman–Crippen LogP) is 2.70. The van der Waals surface area contributed by atoms with Crippen LogP contribution in [0.4, 0.5) is 24.9 Å². The zero-order valence-corrected chi connectivity index (χ0v) is 13.7. The van der Waals surface area contributed by atoms with Gasteiger partial charge in [0.2, 0.25) is 5.95 Å². The van der Waals surface area contributed by atoms with Crippen molar-refractivity contribution in [3.8, 4) is 0 Å². The number of hydrogen-bond acceptors (Lipinski definition) is 5. The number of aromatic nitrogens is 2. The van der Waals surface area contributed by atoms with Crippen LogP contribution in [-0.4, -0.2) is 54.6 Å². The van der Waals surface area contributed by atoms with Gasteiger partial charge >= 0.3 is 6.18 Å². The smallest absolute Gasteiger partial charge is 0.363 e. The summed E-state index contributed by atoms with van der Waals surface area (Å²) >= 11 is 0. The summed E-state index contributed by atoms with van der Waals surface area (Å²) in [4.78, 5) is 11.4. The fraction of sp³-hybridized carbons (Fsp3) is 0.714. The Morgan fingerprint density at radius 1 is 1.18 bits per heavy atom. The molecule has 1 rings (SSSR count). The minimum Gasteiger partial charge on any atom is -0.363 e. The van der Waals surface area contributed by atoms with Crippen LogP contribution in [0.2, 0.25) is 0 Å². The van der Waals surface area contributed by atoms with E-state index in [9.17, 15) is 13.2 Å². The minimum atomic E-state index is -4.49. The highest BCUT2D eigenvalue weighted by molar-refractivity contribution is 5.44.